The minimum atomic E-state index is 0.489. The summed E-state index contributed by atoms with van der Waals surface area (Å²) in [6, 6.07) is 7.82. The van der Waals surface area contributed by atoms with Gasteiger partial charge in [-0.15, -0.1) is 11.6 Å². The molecule has 0 atom stereocenters. The van der Waals surface area contributed by atoms with E-state index in [4.69, 9.17) is 19.4 Å². The Hall–Kier alpha value is -1.35. The molecule has 0 aliphatic carbocycles. The molecular weight excluding hydrogens is 206 g/mol. The van der Waals surface area contributed by atoms with Crippen LogP contribution >= 0.6 is 11.6 Å². The van der Waals surface area contributed by atoms with Gasteiger partial charge in [0.25, 0.3) is 0 Å². The molecule has 1 aromatic heterocycles. The molecule has 2 aromatic rings. The molecule has 0 aliphatic heterocycles. The van der Waals surface area contributed by atoms with E-state index in [2.05, 4.69) is 9.97 Å². The molecule has 1 aromatic carbocycles. The first kappa shape index (κ1) is 10.2. The molecule has 1 heterocycles. The maximum absolute atomic E-state index is 5.75. The predicted octanol–water partition coefficient (Wildman–Crippen LogP) is 1.68. The third-order valence-corrected chi connectivity index (χ3v) is 2.32. The van der Waals surface area contributed by atoms with Crippen LogP contribution in [0.2, 0.25) is 0 Å². The number of aromatic nitrogens is 2. The number of hydrogen-bond donors (Lipinski definition) is 0. The van der Waals surface area contributed by atoms with E-state index in [0.29, 0.717) is 17.2 Å². The molecule has 0 bridgehead atoms. The van der Waals surface area contributed by atoms with Crippen molar-refractivity contribution in [3.8, 4) is 11.4 Å². The molecular formula is C11H8BClN2. The van der Waals surface area contributed by atoms with Gasteiger partial charge < -0.3 is 0 Å². The van der Waals surface area contributed by atoms with Gasteiger partial charge in [0.2, 0.25) is 0 Å². The molecule has 0 saturated heterocycles. The van der Waals surface area contributed by atoms with Crippen molar-refractivity contribution in [3.05, 3.63) is 42.2 Å². The SMILES string of the molecule is [B]c1cnc(-c2cccc(CCl)c2)nc1. The van der Waals surface area contributed by atoms with Crippen LogP contribution < -0.4 is 5.46 Å². The van der Waals surface area contributed by atoms with Gasteiger partial charge in [0.05, 0.1) is 0 Å². The summed E-state index contributed by atoms with van der Waals surface area (Å²) in [5.74, 6) is 1.15. The summed E-state index contributed by atoms with van der Waals surface area (Å²) in [4.78, 5) is 8.29. The zero-order valence-electron chi connectivity index (χ0n) is 8.02. The molecule has 0 spiro atoms. The molecule has 0 N–H and O–H groups in total. The van der Waals surface area contributed by atoms with Gasteiger partial charge in [-0.3, -0.25) is 0 Å². The van der Waals surface area contributed by atoms with Crippen LogP contribution in [-0.2, 0) is 5.88 Å². The topological polar surface area (TPSA) is 25.8 Å². The van der Waals surface area contributed by atoms with Crippen molar-refractivity contribution in [1.82, 2.24) is 9.97 Å². The Morgan fingerprint density at radius 1 is 1.20 bits per heavy atom. The summed E-state index contributed by atoms with van der Waals surface area (Å²) < 4.78 is 0. The first-order chi connectivity index (χ1) is 7.29. The van der Waals surface area contributed by atoms with E-state index in [9.17, 15) is 0 Å². The largest absolute Gasteiger partial charge is 0.237 e. The summed E-state index contributed by atoms with van der Waals surface area (Å²) in [7, 11) is 5.51. The van der Waals surface area contributed by atoms with Crippen molar-refractivity contribution in [2.75, 3.05) is 0 Å². The van der Waals surface area contributed by atoms with Crippen molar-refractivity contribution in [3.63, 3.8) is 0 Å². The second-order valence-corrected chi connectivity index (χ2v) is 3.44. The third-order valence-electron chi connectivity index (χ3n) is 2.01. The lowest BCUT2D eigenvalue weighted by molar-refractivity contribution is 1.19. The minimum Gasteiger partial charge on any atom is -0.237 e. The molecule has 72 valence electrons. The Bertz CT molecular complexity index is 456. The monoisotopic (exact) mass is 214 g/mol. The number of hydrogen-bond acceptors (Lipinski definition) is 2. The van der Waals surface area contributed by atoms with E-state index in [1.807, 2.05) is 24.3 Å². The lowest BCUT2D eigenvalue weighted by atomic mass is 10.0. The van der Waals surface area contributed by atoms with Crippen molar-refractivity contribution in [1.29, 1.82) is 0 Å². The lowest BCUT2D eigenvalue weighted by Crippen LogP contribution is -2.05. The Morgan fingerprint density at radius 3 is 2.60 bits per heavy atom. The van der Waals surface area contributed by atoms with E-state index < -0.39 is 0 Å². The number of rotatable bonds is 2. The van der Waals surface area contributed by atoms with Crippen LogP contribution in [0, 0.1) is 0 Å². The molecule has 0 aliphatic rings. The molecule has 0 amide bonds. The Labute approximate surface area is 94.7 Å². The molecule has 2 rings (SSSR count). The van der Waals surface area contributed by atoms with E-state index in [0.717, 1.165) is 11.1 Å². The van der Waals surface area contributed by atoms with Gasteiger partial charge in [-0.05, 0) is 11.6 Å². The smallest absolute Gasteiger partial charge is 0.159 e. The van der Waals surface area contributed by atoms with Crippen LogP contribution in [0.1, 0.15) is 5.56 Å². The highest BCUT2D eigenvalue weighted by atomic mass is 35.5. The van der Waals surface area contributed by atoms with Gasteiger partial charge in [-0.2, -0.15) is 0 Å². The highest BCUT2D eigenvalue weighted by molar-refractivity contribution is 6.31. The fourth-order valence-corrected chi connectivity index (χ4v) is 1.45. The average Bonchev–Trinajstić information content (AvgIpc) is 2.30. The Kier molecular flexibility index (Phi) is 3.02. The summed E-state index contributed by atoms with van der Waals surface area (Å²) in [6.45, 7) is 0. The fourth-order valence-electron chi connectivity index (χ4n) is 1.28. The highest BCUT2D eigenvalue weighted by Crippen LogP contribution is 2.16. The minimum absolute atomic E-state index is 0.489. The van der Waals surface area contributed by atoms with Gasteiger partial charge in [0.1, 0.15) is 7.85 Å². The van der Waals surface area contributed by atoms with Crippen LogP contribution in [0.15, 0.2) is 36.7 Å². The van der Waals surface area contributed by atoms with Crippen molar-refractivity contribution in [2.45, 2.75) is 5.88 Å². The van der Waals surface area contributed by atoms with Crippen molar-refractivity contribution in [2.24, 2.45) is 0 Å². The van der Waals surface area contributed by atoms with Gasteiger partial charge in [0.15, 0.2) is 5.82 Å². The molecule has 4 heteroatoms. The maximum Gasteiger partial charge on any atom is 0.159 e. The zero-order valence-corrected chi connectivity index (χ0v) is 8.78. The normalized spacial score (nSPS) is 10.2. The standard InChI is InChI=1S/C11H8BClN2/c12-10-6-14-11(15-7-10)9-3-1-2-8(4-9)5-13/h1-4,6-7H,5H2. The number of benzene rings is 1. The molecule has 2 radical (unpaired) electrons. The predicted molar refractivity (Wildman–Crippen MR) is 62.4 cm³/mol. The molecule has 0 fully saturated rings. The molecule has 2 nitrogen and oxygen atoms in total. The third kappa shape index (κ3) is 2.36. The number of alkyl halides is 1. The van der Waals surface area contributed by atoms with Crippen LogP contribution in [0.3, 0.4) is 0 Å². The van der Waals surface area contributed by atoms with E-state index in [1.165, 1.54) is 0 Å². The van der Waals surface area contributed by atoms with Crippen LogP contribution in [0.4, 0.5) is 0 Å². The number of nitrogens with zero attached hydrogens (tertiary/aromatic N) is 2. The summed E-state index contributed by atoms with van der Waals surface area (Å²) in [5.41, 5.74) is 2.56. The van der Waals surface area contributed by atoms with Crippen LogP contribution in [0.25, 0.3) is 11.4 Å². The fraction of sp³-hybridized carbons (Fsp3) is 0.0909. The van der Waals surface area contributed by atoms with Gasteiger partial charge in [0, 0.05) is 23.8 Å². The maximum atomic E-state index is 5.75. The first-order valence-corrected chi connectivity index (χ1v) is 5.06. The first-order valence-electron chi connectivity index (χ1n) is 4.52. The van der Waals surface area contributed by atoms with Crippen LogP contribution in [0.5, 0.6) is 0 Å². The van der Waals surface area contributed by atoms with E-state index >= 15 is 0 Å². The quantitative estimate of drug-likeness (QED) is 0.561. The number of halogens is 1. The Morgan fingerprint density at radius 2 is 1.93 bits per heavy atom. The van der Waals surface area contributed by atoms with E-state index in [-0.39, 0.29) is 0 Å². The summed E-state index contributed by atoms with van der Waals surface area (Å²) in [5, 5.41) is 0. The Balaban J connectivity index is 2.40. The van der Waals surface area contributed by atoms with Gasteiger partial charge in [-0.1, -0.05) is 23.7 Å². The van der Waals surface area contributed by atoms with Crippen molar-refractivity contribution < 1.29 is 0 Å². The average molecular weight is 214 g/mol. The second-order valence-electron chi connectivity index (χ2n) is 3.17. The van der Waals surface area contributed by atoms with Crippen molar-refractivity contribution >= 4 is 24.9 Å². The molecule has 0 saturated carbocycles. The van der Waals surface area contributed by atoms with Gasteiger partial charge >= 0.3 is 0 Å². The molecule has 15 heavy (non-hydrogen) atoms. The zero-order chi connectivity index (χ0) is 10.7. The highest BCUT2D eigenvalue weighted by Gasteiger charge is 2.00. The molecule has 0 unspecified atom stereocenters. The van der Waals surface area contributed by atoms with E-state index in [1.54, 1.807) is 12.4 Å². The van der Waals surface area contributed by atoms with Crippen LogP contribution in [-0.4, -0.2) is 17.8 Å². The summed E-state index contributed by atoms with van der Waals surface area (Å²) >= 11 is 5.75. The second kappa shape index (κ2) is 4.45. The van der Waals surface area contributed by atoms with Gasteiger partial charge in [-0.25, -0.2) is 9.97 Å². The lowest BCUT2D eigenvalue weighted by Gasteiger charge is -2.02. The summed E-state index contributed by atoms with van der Waals surface area (Å²) in [6.07, 6.45) is 3.19.